The van der Waals surface area contributed by atoms with Gasteiger partial charge in [-0.3, -0.25) is 9.43 Å². The molecule has 3 heterocycles. The lowest BCUT2D eigenvalue weighted by atomic mass is 10.5. The van der Waals surface area contributed by atoms with Gasteiger partial charge in [-0.25, -0.2) is 0 Å². The maximum Gasteiger partial charge on any atom is 0.501 e. The van der Waals surface area contributed by atoms with Gasteiger partial charge in [0.25, 0.3) is 0 Å². The number of hydrogen-bond acceptors (Lipinski definition) is 5. The first-order chi connectivity index (χ1) is 5.45. The standard InChI is InChI=1S/C5H12N2O3Si/c1-3-8-11-9-4-2-7(1)5-6-10-11/h6,11H,1-5H2. The summed E-state index contributed by atoms with van der Waals surface area (Å²) in [6.45, 7) is 4.21. The third-order valence-corrected chi connectivity index (χ3v) is 3.17. The molecule has 0 aromatic carbocycles. The zero-order valence-corrected chi connectivity index (χ0v) is 7.44. The van der Waals surface area contributed by atoms with Crippen LogP contribution in [-0.4, -0.2) is 47.4 Å². The molecule has 0 atom stereocenters. The Morgan fingerprint density at radius 3 is 2.64 bits per heavy atom. The summed E-state index contributed by atoms with van der Waals surface area (Å²) >= 11 is 0. The van der Waals surface area contributed by atoms with Gasteiger partial charge in [-0.05, 0) is 0 Å². The maximum atomic E-state index is 5.34. The topological polar surface area (TPSA) is 43.0 Å². The first kappa shape index (κ1) is 7.65. The Bertz CT molecular complexity index is 101. The highest BCUT2D eigenvalue weighted by Gasteiger charge is 2.23. The summed E-state index contributed by atoms with van der Waals surface area (Å²) in [7, 11) is -1.80. The molecule has 1 N–H and O–H groups in total. The zero-order valence-electron chi connectivity index (χ0n) is 6.28. The molecule has 0 aromatic rings. The van der Waals surface area contributed by atoms with Gasteiger partial charge in [0.15, 0.2) is 0 Å². The van der Waals surface area contributed by atoms with Crippen LogP contribution in [0, 0.1) is 0 Å². The van der Waals surface area contributed by atoms with Crippen molar-refractivity contribution in [2.45, 2.75) is 0 Å². The average Bonchev–Trinajstić information content (AvgIpc) is 1.80. The van der Waals surface area contributed by atoms with Crippen molar-refractivity contribution in [3.05, 3.63) is 0 Å². The number of nitrogens with zero attached hydrogens (tertiary/aromatic N) is 1. The quantitative estimate of drug-likeness (QED) is 0.457. The Morgan fingerprint density at radius 1 is 1.18 bits per heavy atom. The molecule has 5 nitrogen and oxygen atoms in total. The van der Waals surface area contributed by atoms with Crippen LogP contribution in [0.25, 0.3) is 0 Å². The van der Waals surface area contributed by atoms with Crippen molar-refractivity contribution in [2.24, 2.45) is 0 Å². The molecule has 0 saturated carbocycles. The minimum atomic E-state index is -1.80. The van der Waals surface area contributed by atoms with Crippen LogP contribution in [0.15, 0.2) is 0 Å². The molecule has 0 radical (unpaired) electrons. The zero-order chi connectivity index (χ0) is 7.52. The van der Waals surface area contributed by atoms with Gasteiger partial charge >= 0.3 is 9.53 Å². The summed E-state index contributed by atoms with van der Waals surface area (Å²) in [4.78, 5) is 2.20. The molecule has 3 aliphatic heterocycles. The lowest BCUT2D eigenvalue weighted by Gasteiger charge is -2.31. The van der Waals surface area contributed by atoms with Gasteiger partial charge in [0.05, 0.1) is 19.9 Å². The molecule has 0 aromatic heterocycles. The van der Waals surface area contributed by atoms with Crippen molar-refractivity contribution in [3.8, 4) is 0 Å². The van der Waals surface area contributed by atoms with Gasteiger partial charge in [0.2, 0.25) is 0 Å². The Kier molecular flexibility index (Phi) is 2.51. The second-order valence-electron chi connectivity index (χ2n) is 2.57. The number of rotatable bonds is 0. The van der Waals surface area contributed by atoms with E-state index in [0.717, 1.165) is 33.0 Å². The van der Waals surface area contributed by atoms with E-state index in [0.29, 0.717) is 0 Å². The van der Waals surface area contributed by atoms with E-state index < -0.39 is 9.53 Å². The molecule has 11 heavy (non-hydrogen) atoms. The lowest BCUT2D eigenvalue weighted by Crippen LogP contribution is -2.50. The van der Waals surface area contributed by atoms with Crippen molar-refractivity contribution in [3.63, 3.8) is 0 Å². The van der Waals surface area contributed by atoms with E-state index in [4.69, 9.17) is 13.4 Å². The third-order valence-electron chi connectivity index (χ3n) is 1.79. The lowest BCUT2D eigenvalue weighted by molar-refractivity contribution is -0.0291. The SMILES string of the molecule is C1CN2CCO[SiH](O1)ONC2. The highest BCUT2D eigenvalue weighted by atomic mass is 28.3. The highest BCUT2D eigenvalue weighted by Crippen LogP contribution is 2.01. The van der Waals surface area contributed by atoms with Crippen LogP contribution in [0.2, 0.25) is 0 Å². The smallest absolute Gasteiger partial charge is 0.374 e. The Labute approximate surface area is 67.1 Å². The van der Waals surface area contributed by atoms with Crippen LogP contribution < -0.4 is 5.48 Å². The molecule has 3 rings (SSSR count). The van der Waals surface area contributed by atoms with Gasteiger partial charge in [0, 0.05) is 13.1 Å². The molecular weight excluding hydrogens is 164 g/mol. The molecule has 3 saturated heterocycles. The number of hydrogen-bond donors (Lipinski definition) is 1. The predicted octanol–water partition coefficient (Wildman–Crippen LogP) is -1.46. The fraction of sp³-hybridized carbons (Fsp3) is 1.00. The minimum absolute atomic E-state index is 0.735. The van der Waals surface area contributed by atoms with Crippen molar-refractivity contribution in [2.75, 3.05) is 33.0 Å². The Morgan fingerprint density at radius 2 is 1.91 bits per heavy atom. The number of nitrogens with one attached hydrogen (secondary N) is 1. The Balaban J connectivity index is 1.96. The van der Waals surface area contributed by atoms with Crippen molar-refractivity contribution in [1.29, 1.82) is 0 Å². The van der Waals surface area contributed by atoms with Crippen LogP contribution in [-0.2, 0) is 13.4 Å². The molecule has 6 heteroatoms. The second-order valence-corrected chi connectivity index (χ2v) is 4.05. The van der Waals surface area contributed by atoms with E-state index in [9.17, 15) is 0 Å². The van der Waals surface area contributed by atoms with Crippen LogP contribution in [0.4, 0.5) is 0 Å². The van der Waals surface area contributed by atoms with Gasteiger partial charge in [-0.15, -0.1) is 0 Å². The Hall–Kier alpha value is 0.0169. The summed E-state index contributed by atoms with van der Waals surface area (Å²) in [5.41, 5.74) is 2.83. The van der Waals surface area contributed by atoms with Crippen LogP contribution in [0.5, 0.6) is 0 Å². The summed E-state index contributed by atoms with van der Waals surface area (Å²) in [5, 5.41) is 0. The number of fused-ring (bicyclic) bond motifs is 6. The van der Waals surface area contributed by atoms with E-state index in [1.165, 1.54) is 0 Å². The molecular formula is C5H12N2O3Si. The fourth-order valence-corrected chi connectivity index (χ4v) is 2.18. The third kappa shape index (κ3) is 1.98. The van der Waals surface area contributed by atoms with Crippen molar-refractivity contribution < 1.29 is 13.4 Å². The molecule has 3 fully saturated rings. The van der Waals surface area contributed by atoms with Gasteiger partial charge in [0.1, 0.15) is 0 Å². The molecule has 0 amide bonds. The summed E-state index contributed by atoms with van der Waals surface area (Å²) in [6.07, 6.45) is 0. The maximum absolute atomic E-state index is 5.34. The molecule has 64 valence electrons. The molecule has 0 spiro atoms. The van der Waals surface area contributed by atoms with E-state index in [1.54, 1.807) is 0 Å². The first-order valence-corrected chi connectivity index (χ1v) is 5.21. The van der Waals surface area contributed by atoms with Gasteiger partial charge in [-0.2, -0.15) is 5.48 Å². The van der Waals surface area contributed by atoms with Crippen LogP contribution >= 0.6 is 0 Å². The van der Waals surface area contributed by atoms with E-state index in [2.05, 4.69) is 10.4 Å². The molecule has 0 aliphatic carbocycles. The first-order valence-electron chi connectivity index (χ1n) is 3.79. The summed E-state index contributed by atoms with van der Waals surface area (Å²) in [6, 6.07) is 0. The van der Waals surface area contributed by atoms with Gasteiger partial charge in [-0.1, -0.05) is 0 Å². The summed E-state index contributed by atoms with van der Waals surface area (Å²) < 4.78 is 15.8. The largest absolute Gasteiger partial charge is 0.501 e. The normalized spacial score (nSPS) is 39.3. The monoisotopic (exact) mass is 176 g/mol. The second kappa shape index (κ2) is 3.61. The predicted molar refractivity (Wildman–Crippen MR) is 39.7 cm³/mol. The van der Waals surface area contributed by atoms with Crippen molar-refractivity contribution >= 4 is 9.53 Å². The minimum Gasteiger partial charge on any atom is -0.374 e. The molecule has 3 aliphatic rings. The van der Waals surface area contributed by atoms with E-state index in [-0.39, 0.29) is 0 Å². The highest BCUT2D eigenvalue weighted by molar-refractivity contribution is 6.36. The van der Waals surface area contributed by atoms with Crippen LogP contribution in [0.3, 0.4) is 0 Å². The van der Waals surface area contributed by atoms with E-state index in [1.807, 2.05) is 0 Å². The fourth-order valence-electron chi connectivity index (χ4n) is 1.14. The van der Waals surface area contributed by atoms with E-state index >= 15 is 0 Å². The molecule has 2 bridgehead atoms. The molecule has 0 unspecified atom stereocenters. The van der Waals surface area contributed by atoms with Gasteiger partial charge < -0.3 is 8.85 Å². The summed E-state index contributed by atoms with van der Waals surface area (Å²) in [5.74, 6) is 0. The van der Waals surface area contributed by atoms with Crippen LogP contribution in [0.1, 0.15) is 0 Å². The van der Waals surface area contributed by atoms with Crippen molar-refractivity contribution in [1.82, 2.24) is 10.4 Å². The average molecular weight is 176 g/mol. The number of hydroxylamine groups is 1.